The highest BCUT2D eigenvalue weighted by Crippen LogP contribution is 2.36. The van der Waals surface area contributed by atoms with Gasteiger partial charge in [-0.2, -0.15) is 4.99 Å². The zero-order valence-corrected chi connectivity index (χ0v) is 20.8. The predicted octanol–water partition coefficient (Wildman–Crippen LogP) is 4.58. The van der Waals surface area contributed by atoms with Crippen LogP contribution in [0.2, 0.25) is 0 Å². The lowest BCUT2D eigenvalue weighted by atomic mass is 10.1. The fourth-order valence-corrected chi connectivity index (χ4v) is 5.55. The number of anilines is 2. The Hall–Kier alpha value is -2.69. The Morgan fingerprint density at radius 2 is 1.88 bits per heavy atom. The lowest BCUT2D eigenvalue weighted by Gasteiger charge is -2.21. The molecule has 1 fully saturated rings. The normalized spacial score (nSPS) is 17.4. The number of aliphatic imine (C=N–C) groups is 2. The van der Waals surface area contributed by atoms with Gasteiger partial charge in [0.1, 0.15) is 15.9 Å². The Bertz CT molecular complexity index is 1160. The van der Waals surface area contributed by atoms with E-state index in [9.17, 15) is 9.59 Å². The van der Waals surface area contributed by atoms with E-state index in [1.807, 2.05) is 63.2 Å². The number of amidine groups is 2. The molecule has 1 unspecified atom stereocenters. The van der Waals surface area contributed by atoms with E-state index in [0.29, 0.717) is 16.8 Å². The largest absolute Gasteiger partial charge is 0.494 e. The van der Waals surface area contributed by atoms with E-state index >= 15 is 0 Å². The number of thioether (sulfide) groups is 2. The molecule has 2 aromatic carbocycles. The van der Waals surface area contributed by atoms with Gasteiger partial charge in [-0.25, -0.2) is 4.99 Å². The van der Waals surface area contributed by atoms with Crippen molar-refractivity contribution in [2.24, 2.45) is 9.98 Å². The highest BCUT2D eigenvalue weighted by molar-refractivity contribution is 8.25. The van der Waals surface area contributed by atoms with Gasteiger partial charge in [-0.15, -0.1) is 0 Å². The van der Waals surface area contributed by atoms with Gasteiger partial charge in [0.15, 0.2) is 10.4 Å². The summed E-state index contributed by atoms with van der Waals surface area (Å²) in [6, 6.07) is 13.3. The summed E-state index contributed by atoms with van der Waals surface area (Å²) < 4.78 is 6.03. The van der Waals surface area contributed by atoms with Crippen molar-refractivity contribution >= 4 is 74.3 Å². The SMILES string of the molecule is CCOc1ccc(N2C(=S)SC3C(=O)N=C(SCC(=O)Nc4cc(C)cc(C)c4)N=C32)cc1. The van der Waals surface area contributed by atoms with Gasteiger partial charge in [0.2, 0.25) is 5.91 Å². The molecule has 170 valence electrons. The van der Waals surface area contributed by atoms with Crippen LogP contribution in [0.5, 0.6) is 5.75 Å². The maximum atomic E-state index is 12.6. The number of nitrogens with one attached hydrogen (secondary N) is 1. The van der Waals surface area contributed by atoms with Gasteiger partial charge >= 0.3 is 0 Å². The minimum Gasteiger partial charge on any atom is -0.494 e. The summed E-state index contributed by atoms with van der Waals surface area (Å²) in [5.74, 6) is 0.845. The fourth-order valence-electron chi connectivity index (χ4n) is 3.50. The van der Waals surface area contributed by atoms with Gasteiger partial charge in [-0.05, 0) is 68.3 Å². The van der Waals surface area contributed by atoms with Crippen LogP contribution >= 0.6 is 35.7 Å². The monoisotopic (exact) mass is 498 g/mol. The van der Waals surface area contributed by atoms with Crippen LogP contribution in [0.15, 0.2) is 52.4 Å². The molecule has 4 rings (SSSR count). The Kier molecular flexibility index (Phi) is 7.16. The molecule has 2 aliphatic heterocycles. The van der Waals surface area contributed by atoms with Crippen LogP contribution in [-0.4, -0.2) is 44.7 Å². The standard InChI is InChI=1S/C23H22N4O3S3/c1-4-30-17-7-5-16(6-8-17)27-20-19(33-23(27)31)21(29)26-22(25-20)32-12-18(28)24-15-10-13(2)9-14(3)11-15/h5-11,19H,4,12H2,1-3H3,(H,24,28). The van der Waals surface area contributed by atoms with E-state index in [1.165, 1.54) is 11.8 Å². The van der Waals surface area contributed by atoms with E-state index in [4.69, 9.17) is 17.0 Å². The third-order valence-corrected chi connectivity index (χ3v) is 7.10. The van der Waals surface area contributed by atoms with Crippen LogP contribution in [0.1, 0.15) is 18.1 Å². The average molecular weight is 499 g/mol. The number of amides is 2. The maximum absolute atomic E-state index is 12.6. The molecule has 2 amide bonds. The Morgan fingerprint density at radius 3 is 2.55 bits per heavy atom. The van der Waals surface area contributed by atoms with Gasteiger partial charge in [-0.3, -0.25) is 14.5 Å². The highest BCUT2D eigenvalue weighted by atomic mass is 32.2. The van der Waals surface area contributed by atoms with E-state index in [0.717, 1.165) is 40.0 Å². The number of nitrogens with zero attached hydrogens (tertiary/aromatic N) is 3. The number of carbonyl (C=O) groups excluding carboxylic acids is 2. The predicted molar refractivity (Wildman–Crippen MR) is 141 cm³/mol. The third-order valence-electron chi connectivity index (χ3n) is 4.75. The molecule has 2 aliphatic rings. The molecule has 7 nitrogen and oxygen atoms in total. The van der Waals surface area contributed by atoms with Crippen molar-refractivity contribution in [3.8, 4) is 5.75 Å². The van der Waals surface area contributed by atoms with Crippen LogP contribution in [0, 0.1) is 13.8 Å². The lowest BCUT2D eigenvalue weighted by Crippen LogP contribution is -2.37. The second-order valence-corrected chi connectivity index (χ2v) is 10.1. The molecule has 0 spiro atoms. The van der Waals surface area contributed by atoms with Gasteiger partial charge in [0, 0.05) is 11.4 Å². The molecular formula is C23H22N4O3S3. The number of rotatable bonds is 6. The molecule has 0 aromatic heterocycles. The van der Waals surface area contributed by atoms with Gasteiger partial charge in [0.05, 0.1) is 12.4 Å². The summed E-state index contributed by atoms with van der Waals surface area (Å²) in [6.07, 6.45) is 0. The van der Waals surface area contributed by atoms with Gasteiger partial charge in [-0.1, -0.05) is 41.8 Å². The Labute approximate surface area is 206 Å². The van der Waals surface area contributed by atoms with E-state index in [-0.39, 0.29) is 22.7 Å². The number of hydrogen-bond donors (Lipinski definition) is 1. The summed E-state index contributed by atoms with van der Waals surface area (Å²) >= 11 is 7.90. The first kappa shape index (κ1) is 23.5. The number of thiocarbonyl (C=S) groups is 1. The van der Waals surface area contributed by atoms with Crippen molar-refractivity contribution < 1.29 is 14.3 Å². The molecule has 33 heavy (non-hydrogen) atoms. The molecule has 2 heterocycles. The number of benzene rings is 2. The van der Waals surface area contributed by atoms with Crippen LogP contribution in [0.4, 0.5) is 11.4 Å². The van der Waals surface area contributed by atoms with Crippen LogP contribution in [0.3, 0.4) is 0 Å². The Balaban J connectivity index is 1.47. The number of ether oxygens (including phenoxy) is 1. The number of carbonyl (C=O) groups is 2. The van der Waals surface area contributed by atoms with Crippen LogP contribution in [-0.2, 0) is 9.59 Å². The maximum Gasteiger partial charge on any atom is 0.269 e. The van der Waals surface area contributed by atoms with Crippen molar-refractivity contribution in [2.75, 3.05) is 22.6 Å². The zero-order valence-electron chi connectivity index (χ0n) is 18.3. The van der Waals surface area contributed by atoms with E-state index in [2.05, 4.69) is 15.3 Å². The quantitative estimate of drug-likeness (QED) is 0.584. The molecule has 2 aromatic rings. The molecule has 0 bridgehead atoms. The van der Waals surface area contributed by atoms with Crippen LogP contribution < -0.4 is 15.0 Å². The van der Waals surface area contributed by atoms with Crippen molar-refractivity contribution in [1.82, 2.24) is 0 Å². The smallest absolute Gasteiger partial charge is 0.269 e. The number of fused-ring (bicyclic) bond motifs is 1. The summed E-state index contributed by atoms with van der Waals surface area (Å²) in [5.41, 5.74) is 3.68. The highest BCUT2D eigenvalue weighted by Gasteiger charge is 2.43. The molecule has 0 aliphatic carbocycles. The number of aryl methyl sites for hydroxylation is 2. The summed E-state index contributed by atoms with van der Waals surface area (Å²) in [7, 11) is 0. The second kappa shape index (κ2) is 10.1. The van der Waals surface area contributed by atoms with Crippen molar-refractivity contribution in [3.63, 3.8) is 0 Å². The molecular weight excluding hydrogens is 476 g/mol. The topological polar surface area (TPSA) is 83.4 Å². The van der Waals surface area contributed by atoms with Crippen molar-refractivity contribution in [3.05, 3.63) is 53.6 Å². The van der Waals surface area contributed by atoms with E-state index < -0.39 is 5.25 Å². The minimum atomic E-state index is -0.572. The molecule has 1 atom stereocenters. The van der Waals surface area contributed by atoms with Gasteiger partial charge in [0.25, 0.3) is 5.91 Å². The average Bonchev–Trinajstić information content (AvgIpc) is 3.09. The summed E-state index contributed by atoms with van der Waals surface area (Å²) in [5, 5.41) is 2.56. The summed E-state index contributed by atoms with van der Waals surface area (Å²) in [4.78, 5) is 35.5. The molecule has 1 N–H and O–H groups in total. The zero-order chi connectivity index (χ0) is 23.5. The summed E-state index contributed by atoms with van der Waals surface area (Å²) in [6.45, 7) is 6.46. The molecule has 1 saturated heterocycles. The fraction of sp³-hybridized carbons (Fsp3) is 0.261. The Morgan fingerprint density at radius 1 is 1.18 bits per heavy atom. The molecule has 0 radical (unpaired) electrons. The second-order valence-electron chi connectivity index (χ2n) is 7.44. The van der Waals surface area contributed by atoms with E-state index in [1.54, 1.807) is 4.90 Å². The first-order valence-corrected chi connectivity index (χ1v) is 12.6. The molecule has 0 saturated carbocycles. The first-order chi connectivity index (χ1) is 15.8. The van der Waals surface area contributed by atoms with Crippen molar-refractivity contribution in [2.45, 2.75) is 26.0 Å². The van der Waals surface area contributed by atoms with Crippen LogP contribution in [0.25, 0.3) is 0 Å². The molecule has 10 heteroatoms. The minimum absolute atomic E-state index is 0.0845. The van der Waals surface area contributed by atoms with Gasteiger partial charge < -0.3 is 10.1 Å². The lowest BCUT2D eigenvalue weighted by molar-refractivity contribution is -0.116. The first-order valence-electron chi connectivity index (χ1n) is 10.3. The third kappa shape index (κ3) is 5.45. The number of hydrogen-bond acceptors (Lipinski definition) is 7. The van der Waals surface area contributed by atoms with Crippen molar-refractivity contribution in [1.29, 1.82) is 0 Å².